The van der Waals surface area contributed by atoms with Gasteiger partial charge in [-0.25, -0.2) is 0 Å². The summed E-state index contributed by atoms with van der Waals surface area (Å²) in [4.78, 5) is 134. The van der Waals surface area contributed by atoms with Gasteiger partial charge in [0.25, 0.3) is 0 Å². The number of benzene rings is 1. The number of phenols is 1. The molecular formula is C72H123N7O22. The highest BCUT2D eigenvalue weighted by Crippen LogP contribution is 2.18. The zero-order valence-corrected chi connectivity index (χ0v) is 60.4. The molecule has 29 nitrogen and oxygen atoms in total. The van der Waals surface area contributed by atoms with Crippen molar-refractivity contribution in [1.29, 1.82) is 0 Å². The maximum Gasteiger partial charge on any atom is 0.306 e. The average molecular weight is 1440 g/mol. The van der Waals surface area contributed by atoms with Gasteiger partial charge < -0.3 is 90.8 Å². The largest absolute Gasteiger partial charge is 0.508 e. The van der Waals surface area contributed by atoms with E-state index in [4.69, 9.17) is 48.7 Å². The first-order valence-electron chi connectivity index (χ1n) is 36.5. The van der Waals surface area contributed by atoms with Crippen molar-refractivity contribution in [3.05, 3.63) is 29.8 Å². The summed E-state index contributed by atoms with van der Waals surface area (Å²) in [6, 6.07) is 5.12. The van der Waals surface area contributed by atoms with Crippen molar-refractivity contribution in [3.63, 3.8) is 0 Å². The van der Waals surface area contributed by atoms with Crippen LogP contribution < -0.4 is 37.6 Å². The highest BCUT2D eigenvalue weighted by atomic mass is 16.5. The van der Waals surface area contributed by atoms with Crippen LogP contribution in [0.4, 0.5) is 0 Å². The number of Topliss-reactive ketones (excluding diaryl/α,β-unsaturated/α-hetero) is 4. The van der Waals surface area contributed by atoms with Gasteiger partial charge in [-0.05, 0) is 75.0 Å². The standard InChI is InChI=1S/C72H123N7O22/c1-56(2)48-62(83)51-79-63(65(84)30-32-74-64(71(73)91)49-57-24-27-59(80)28-25-57)22-17-18-31-75-67(86)53-99-45-40-94-36-19-21-61(82)52-98-44-41-96-38-34-77-68(87)55-101-47-43-97-39-35-78-69(88)54-100-46-42-95-37-33-76-66(85)29-26-58(72(92)93)50-60(81)20-15-13-11-9-7-5-3-4-6-8-10-12-14-16-23-70(89)90/h24-25,27-28,56,58,63-64,74,79-80H,3-23,26,29-55H2,1-2H3,(H2,73,91)(H,75,86)(H,76,85)(H,77,87)(H,78,88)(H,89,90)(H,92,93)/t58-,63+,64+/m1/s1. The van der Waals surface area contributed by atoms with Crippen LogP contribution in [0.2, 0.25) is 0 Å². The molecule has 0 aliphatic heterocycles. The normalized spacial score (nSPS) is 12.2. The number of phenolic OH excluding ortho intramolecular Hbond substituents is 1. The molecule has 0 saturated heterocycles. The third-order valence-corrected chi connectivity index (χ3v) is 15.8. The Kier molecular flexibility index (Phi) is 59.1. The van der Waals surface area contributed by atoms with E-state index in [1.807, 2.05) is 13.8 Å². The third-order valence-electron chi connectivity index (χ3n) is 15.8. The van der Waals surface area contributed by atoms with Gasteiger partial charge in [0.15, 0.2) is 11.6 Å². The van der Waals surface area contributed by atoms with Gasteiger partial charge in [-0.2, -0.15) is 0 Å². The summed E-state index contributed by atoms with van der Waals surface area (Å²) in [5.41, 5.74) is 6.39. The van der Waals surface area contributed by atoms with E-state index in [2.05, 4.69) is 31.9 Å². The summed E-state index contributed by atoms with van der Waals surface area (Å²) >= 11 is 0. The highest BCUT2D eigenvalue weighted by Gasteiger charge is 2.24. The van der Waals surface area contributed by atoms with Crippen LogP contribution >= 0.6 is 0 Å². The molecular weight excluding hydrogens is 1310 g/mol. The number of unbranched alkanes of at least 4 members (excludes halogenated alkanes) is 14. The Morgan fingerprint density at radius 2 is 0.842 bits per heavy atom. The molecule has 0 unspecified atom stereocenters. The van der Waals surface area contributed by atoms with Gasteiger partial charge in [-0.1, -0.05) is 103 Å². The number of nitrogens with two attached hydrogens (primary N) is 1. The molecule has 1 rings (SSSR count). The van der Waals surface area contributed by atoms with E-state index in [1.165, 1.54) is 57.1 Å². The lowest BCUT2D eigenvalue weighted by atomic mass is 9.94. The highest BCUT2D eigenvalue weighted by molar-refractivity contribution is 5.87. The number of carboxylic acid groups (broad SMARTS) is 2. The number of carbonyl (C=O) groups excluding carboxylic acids is 9. The van der Waals surface area contributed by atoms with E-state index in [1.54, 1.807) is 12.1 Å². The number of aliphatic carboxylic acids is 2. The fourth-order valence-corrected chi connectivity index (χ4v) is 10.3. The first-order chi connectivity index (χ1) is 48.7. The number of ketones is 4. The number of rotatable bonds is 74. The summed E-state index contributed by atoms with van der Waals surface area (Å²) in [6.45, 7) is 7.11. The fourth-order valence-electron chi connectivity index (χ4n) is 10.3. The summed E-state index contributed by atoms with van der Waals surface area (Å²) in [5.74, 6) is -4.62. The Hall–Kier alpha value is -6.41. The van der Waals surface area contributed by atoms with Crippen molar-refractivity contribution in [3.8, 4) is 5.75 Å². The smallest absolute Gasteiger partial charge is 0.306 e. The van der Waals surface area contributed by atoms with Crippen molar-refractivity contribution in [2.24, 2.45) is 17.6 Å². The molecule has 5 amide bonds. The second kappa shape index (κ2) is 64.4. The molecule has 0 spiro atoms. The zero-order chi connectivity index (χ0) is 74.2. The number of aromatic hydroxyl groups is 1. The van der Waals surface area contributed by atoms with Gasteiger partial charge in [0.2, 0.25) is 29.5 Å². The lowest BCUT2D eigenvalue weighted by molar-refractivity contribution is -0.144. The number of hydrogen-bond acceptors (Lipinski definition) is 22. The average Bonchev–Trinajstić information content (AvgIpc) is 1.02. The minimum atomic E-state index is -1.09. The second-order valence-corrected chi connectivity index (χ2v) is 25.4. The number of ether oxygens (including phenoxy) is 8. The van der Waals surface area contributed by atoms with Crippen LogP contribution in [0.1, 0.15) is 186 Å². The van der Waals surface area contributed by atoms with E-state index in [0.717, 1.165) is 50.5 Å². The minimum Gasteiger partial charge on any atom is -0.508 e. The Morgan fingerprint density at radius 1 is 0.396 bits per heavy atom. The molecule has 1 aromatic rings. The van der Waals surface area contributed by atoms with Crippen LogP contribution in [0.3, 0.4) is 0 Å². The Morgan fingerprint density at radius 3 is 1.33 bits per heavy atom. The lowest BCUT2D eigenvalue weighted by Gasteiger charge is -2.19. The Labute approximate surface area is 597 Å². The SMILES string of the molecule is CC(C)CC(=O)CN[C@@H](CCCCNC(=O)COCCOCCCC(=O)COCCOCCNC(=O)COCCOCCNC(=O)COCCOCCNC(=O)CC[C@H](CC(=O)CCCCCCCCCCCCCCCCC(=O)O)C(=O)O)C(=O)CCN[C@@H](Cc1ccc(O)cc1)C(N)=O. The van der Waals surface area contributed by atoms with Crippen LogP contribution in [0, 0.1) is 11.8 Å². The maximum atomic E-state index is 13.3. The van der Waals surface area contributed by atoms with Gasteiger partial charge >= 0.3 is 11.9 Å². The predicted octanol–water partition coefficient (Wildman–Crippen LogP) is 4.79. The molecule has 0 heterocycles. The van der Waals surface area contributed by atoms with Gasteiger partial charge in [0, 0.05) is 84.3 Å². The molecule has 101 heavy (non-hydrogen) atoms. The topological polar surface area (TPSA) is 420 Å². The number of amides is 5. The summed E-state index contributed by atoms with van der Waals surface area (Å²) < 4.78 is 43.2. The maximum absolute atomic E-state index is 13.3. The van der Waals surface area contributed by atoms with E-state index in [9.17, 15) is 63.0 Å². The van der Waals surface area contributed by atoms with E-state index in [-0.39, 0.29) is 235 Å². The predicted molar refractivity (Wildman–Crippen MR) is 377 cm³/mol. The van der Waals surface area contributed by atoms with Gasteiger partial charge in [-0.3, -0.25) is 52.7 Å². The number of nitrogens with one attached hydrogen (secondary N) is 6. The molecule has 0 aliphatic rings. The molecule has 0 aliphatic carbocycles. The van der Waals surface area contributed by atoms with Crippen LogP contribution in [0.5, 0.6) is 5.75 Å². The fraction of sp³-hybridized carbons (Fsp3) is 0.764. The van der Waals surface area contributed by atoms with Crippen molar-refractivity contribution in [1.82, 2.24) is 31.9 Å². The Balaban J connectivity index is 1.95. The quantitative estimate of drug-likeness (QED) is 0.0392. The van der Waals surface area contributed by atoms with Gasteiger partial charge in [-0.15, -0.1) is 0 Å². The number of hydrogen-bond donors (Lipinski definition) is 10. The Bertz CT molecular complexity index is 2420. The van der Waals surface area contributed by atoms with Crippen molar-refractivity contribution in [2.45, 2.75) is 199 Å². The van der Waals surface area contributed by atoms with E-state index < -0.39 is 35.8 Å². The van der Waals surface area contributed by atoms with Crippen LogP contribution in [-0.2, 0) is 97.1 Å². The summed E-state index contributed by atoms with van der Waals surface area (Å²) in [6.07, 6.45) is 18.8. The summed E-state index contributed by atoms with van der Waals surface area (Å²) in [5, 5.41) is 44.8. The summed E-state index contributed by atoms with van der Waals surface area (Å²) in [7, 11) is 0. The number of primary amides is 1. The first kappa shape index (κ1) is 92.6. The molecule has 0 bridgehead atoms. The minimum absolute atomic E-state index is 0.00375. The van der Waals surface area contributed by atoms with Gasteiger partial charge in [0.1, 0.15) is 43.7 Å². The zero-order valence-electron chi connectivity index (χ0n) is 60.4. The molecule has 1 aromatic carbocycles. The molecule has 0 radical (unpaired) electrons. The molecule has 0 saturated carbocycles. The third kappa shape index (κ3) is 59.8. The molecule has 29 heteroatoms. The van der Waals surface area contributed by atoms with Crippen LogP contribution in [0.15, 0.2) is 24.3 Å². The first-order valence-corrected chi connectivity index (χ1v) is 36.5. The van der Waals surface area contributed by atoms with Crippen molar-refractivity contribution in [2.75, 3.05) is 145 Å². The van der Waals surface area contributed by atoms with Crippen LogP contribution in [-0.4, -0.2) is 237 Å². The van der Waals surface area contributed by atoms with E-state index >= 15 is 0 Å². The van der Waals surface area contributed by atoms with E-state index in [0.29, 0.717) is 51.7 Å². The molecule has 3 atom stereocenters. The van der Waals surface area contributed by atoms with Crippen molar-refractivity contribution < 1.29 is 106 Å². The molecule has 0 fully saturated rings. The van der Waals surface area contributed by atoms with Crippen LogP contribution in [0.25, 0.3) is 0 Å². The molecule has 0 aromatic heterocycles. The number of carbonyl (C=O) groups is 11. The van der Waals surface area contributed by atoms with Crippen molar-refractivity contribution >= 4 is 64.6 Å². The molecule has 11 N–H and O–H groups in total. The second-order valence-electron chi connectivity index (χ2n) is 25.4. The molecule has 578 valence electrons. The van der Waals surface area contributed by atoms with Gasteiger partial charge in [0.05, 0.1) is 97.2 Å². The lowest BCUT2D eigenvalue weighted by Crippen LogP contribution is -2.45. The monoisotopic (exact) mass is 1440 g/mol. The number of carboxylic acids is 2.